The Hall–Kier alpha value is -1.56. The molecule has 0 bridgehead atoms. The number of carbonyl (C=O) groups excluding carboxylic acids is 1. The number of phenolic OH excluding ortho intramolecular Hbond substituents is 1. The van der Waals surface area contributed by atoms with Gasteiger partial charge in [-0.1, -0.05) is 6.07 Å². The number of aromatic hydroxyl groups is 1. The summed E-state index contributed by atoms with van der Waals surface area (Å²) in [6.07, 6.45) is 0.161. The molecule has 0 aliphatic carbocycles. The third kappa shape index (κ3) is 4.07. The molecule has 1 rings (SSSR count). The third-order valence-corrected chi connectivity index (χ3v) is 2.76. The maximum Gasteiger partial charge on any atom is 0.326 e. The standard InChI is InChI=1S/C11H12BrNO4/c1-6(14)13-9(11(16)17)5-7-2-3-10(15)8(12)4-7/h2-4,9,15H,5H2,1H3,(H,13,14)(H,16,17)/t9-/m0/s1. The zero-order chi connectivity index (χ0) is 13.0. The van der Waals surface area contributed by atoms with E-state index in [4.69, 9.17) is 5.11 Å². The van der Waals surface area contributed by atoms with Crippen LogP contribution in [0.25, 0.3) is 0 Å². The van der Waals surface area contributed by atoms with E-state index in [0.717, 1.165) is 0 Å². The van der Waals surface area contributed by atoms with E-state index in [9.17, 15) is 14.7 Å². The fourth-order valence-corrected chi connectivity index (χ4v) is 1.78. The minimum Gasteiger partial charge on any atom is -0.507 e. The topological polar surface area (TPSA) is 86.6 Å². The minimum absolute atomic E-state index is 0.0835. The summed E-state index contributed by atoms with van der Waals surface area (Å²) >= 11 is 3.14. The highest BCUT2D eigenvalue weighted by atomic mass is 79.9. The van der Waals surface area contributed by atoms with Crippen molar-refractivity contribution < 1.29 is 19.8 Å². The Kier molecular flexibility index (Phi) is 4.51. The average Bonchev–Trinajstić information content (AvgIpc) is 2.21. The lowest BCUT2D eigenvalue weighted by Gasteiger charge is -2.13. The second kappa shape index (κ2) is 5.67. The quantitative estimate of drug-likeness (QED) is 0.782. The van der Waals surface area contributed by atoms with Gasteiger partial charge >= 0.3 is 5.97 Å². The fourth-order valence-electron chi connectivity index (χ4n) is 1.36. The highest BCUT2D eigenvalue weighted by Gasteiger charge is 2.19. The maximum absolute atomic E-state index is 10.9. The SMILES string of the molecule is CC(=O)N[C@@H](Cc1ccc(O)c(Br)c1)C(=O)O. The van der Waals surface area contributed by atoms with Gasteiger partial charge in [-0.2, -0.15) is 0 Å². The van der Waals surface area contributed by atoms with Crippen molar-refractivity contribution in [1.29, 1.82) is 0 Å². The number of nitrogens with one attached hydrogen (secondary N) is 1. The fraction of sp³-hybridized carbons (Fsp3) is 0.273. The van der Waals surface area contributed by atoms with E-state index in [1.165, 1.54) is 13.0 Å². The molecular formula is C11H12BrNO4. The smallest absolute Gasteiger partial charge is 0.326 e. The molecule has 92 valence electrons. The van der Waals surface area contributed by atoms with Gasteiger partial charge in [0, 0.05) is 13.3 Å². The Morgan fingerprint density at radius 3 is 2.59 bits per heavy atom. The number of amides is 1. The van der Waals surface area contributed by atoms with Crippen molar-refractivity contribution in [2.24, 2.45) is 0 Å². The molecule has 5 nitrogen and oxygen atoms in total. The molecule has 0 saturated carbocycles. The van der Waals surface area contributed by atoms with E-state index in [0.29, 0.717) is 10.0 Å². The van der Waals surface area contributed by atoms with E-state index < -0.39 is 17.9 Å². The summed E-state index contributed by atoms with van der Waals surface area (Å²) in [5, 5.41) is 20.6. The second-order valence-corrected chi connectivity index (χ2v) is 4.44. The number of hydrogen-bond acceptors (Lipinski definition) is 3. The lowest BCUT2D eigenvalue weighted by Crippen LogP contribution is -2.41. The van der Waals surface area contributed by atoms with Gasteiger partial charge in [-0.15, -0.1) is 0 Å². The number of carboxylic acid groups (broad SMARTS) is 1. The monoisotopic (exact) mass is 301 g/mol. The van der Waals surface area contributed by atoms with Crippen LogP contribution in [0.5, 0.6) is 5.75 Å². The van der Waals surface area contributed by atoms with E-state index in [2.05, 4.69) is 21.2 Å². The molecule has 0 aromatic heterocycles. The highest BCUT2D eigenvalue weighted by molar-refractivity contribution is 9.10. The van der Waals surface area contributed by atoms with Gasteiger partial charge in [-0.25, -0.2) is 4.79 Å². The number of rotatable bonds is 4. The molecule has 17 heavy (non-hydrogen) atoms. The van der Waals surface area contributed by atoms with E-state index in [1.54, 1.807) is 12.1 Å². The Bertz CT molecular complexity index is 447. The van der Waals surface area contributed by atoms with Crippen LogP contribution in [0.3, 0.4) is 0 Å². The molecule has 0 fully saturated rings. The molecular weight excluding hydrogens is 290 g/mol. The number of carboxylic acids is 1. The molecule has 1 amide bonds. The Morgan fingerprint density at radius 2 is 2.12 bits per heavy atom. The molecule has 3 N–H and O–H groups in total. The van der Waals surface area contributed by atoms with Crippen LogP contribution < -0.4 is 5.32 Å². The van der Waals surface area contributed by atoms with E-state index in [1.807, 2.05) is 0 Å². The number of halogens is 1. The minimum atomic E-state index is -1.09. The summed E-state index contributed by atoms with van der Waals surface area (Å²) in [6, 6.07) is 3.72. The van der Waals surface area contributed by atoms with Crippen molar-refractivity contribution in [2.75, 3.05) is 0 Å². The number of benzene rings is 1. The van der Waals surface area contributed by atoms with Gasteiger partial charge in [0.25, 0.3) is 0 Å². The first-order chi connectivity index (χ1) is 7.90. The molecule has 0 heterocycles. The number of hydrogen-bond donors (Lipinski definition) is 3. The first kappa shape index (κ1) is 13.5. The van der Waals surface area contributed by atoms with Gasteiger partial charge in [0.2, 0.25) is 5.91 Å². The maximum atomic E-state index is 10.9. The van der Waals surface area contributed by atoms with Crippen LogP contribution in [0.15, 0.2) is 22.7 Å². The van der Waals surface area contributed by atoms with Gasteiger partial charge < -0.3 is 15.5 Å². The summed E-state index contributed by atoms with van der Waals surface area (Å²) in [5.41, 5.74) is 0.704. The predicted molar refractivity (Wildman–Crippen MR) is 64.8 cm³/mol. The number of phenols is 1. The molecule has 0 aliphatic heterocycles. The summed E-state index contributed by atoms with van der Waals surface area (Å²) in [7, 11) is 0. The van der Waals surface area contributed by atoms with E-state index >= 15 is 0 Å². The molecule has 0 unspecified atom stereocenters. The average molecular weight is 302 g/mol. The van der Waals surface area contributed by atoms with Crippen molar-refractivity contribution in [1.82, 2.24) is 5.32 Å². The molecule has 1 aromatic carbocycles. The summed E-state index contributed by atoms with van der Waals surface area (Å²) in [5.74, 6) is -1.40. The molecule has 0 saturated heterocycles. The summed E-state index contributed by atoms with van der Waals surface area (Å²) in [6.45, 7) is 1.27. The Balaban J connectivity index is 2.82. The van der Waals surface area contributed by atoms with Crippen LogP contribution in [-0.4, -0.2) is 28.1 Å². The van der Waals surface area contributed by atoms with Crippen LogP contribution in [0.4, 0.5) is 0 Å². The van der Waals surface area contributed by atoms with Crippen molar-refractivity contribution >= 4 is 27.8 Å². The predicted octanol–water partition coefficient (Wildman–Crippen LogP) is 1.29. The van der Waals surface area contributed by atoms with Gasteiger partial charge in [0.1, 0.15) is 11.8 Å². The van der Waals surface area contributed by atoms with Crippen LogP contribution in [0, 0.1) is 0 Å². The molecule has 0 radical (unpaired) electrons. The van der Waals surface area contributed by atoms with Crippen molar-refractivity contribution in [3.63, 3.8) is 0 Å². The normalized spacial score (nSPS) is 11.9. The van der Waals surface area contributed by atoms with Crippen LogP contribution in [-0.2, 0) is 16.0 Å². The Labute approximate surface area is 107 Å². The number of carbonyl (C=O) groups is 2. The summed E-state index contributed by atoms with van der Waals surface area (Å²) in [4.78, 5) is 21.8. The largest absolute Gasteiger partial charge is 0.507 e. The van der Waals surface area contributed by atoms with Crippen LogP contribution in [0.1, 0.15) is 12.5 Å². The molecule has 1 aromatic rings. The van der Waals surface area contributed by atoms with Gasteiger partial charge in [0.05, 0.1) is 4.47 Å². The van der Waals surface area contributed by atoms with Gasteiger partial charge in [-0.3, -0.25) is 4.79 Å². The van der Waals surface area contributed by atoms with Crippen molar-refractivity contribution in [3.05, 3.63) is 28.2 Å². The summed E-state index contributed by atoms with van der Waals surface area (Å²) < 4.78 is 0.488. The molecule has 0 aliphatic rings. The molecule has 6 heteroatoms. The lowest BCUT2D eigenvalue weighted by molar-refractivity contribution is -0.141. The van der Waals surface area contributed by atoms with Crippen LogP contribution in [0.2, 0.25) is 0 Å². The molecule has 1 atom stereocenters. The highest BCUT2D eigenvalue weighted by Crippen LogP contribution is 2.24. The lowest BCUT2D eigenvalue weighted by atomic mass is 10.1. The third-order valence-electron chi connectivity index (χ3n) is 2.13. The van der Waals surface area contributed by atoms with Crippen molar-refractivity contribution in [3.8, 4) is 5.75 Å². The van der Waals surface area contributed by atoms with Gasteiger partial charge in [-0.05, 0) is 33.6 Å². The first-order valence-electron chi connectivity index (χ1n) is 4.87. The zero-order valence-electron chi connectivity index (χ0n) is 9.11. The van der Waals surface area contributed by atoms with Crippen LogP contribution >= 0.6 is 15.9 Å². The second-order valence-electron chi connectivity index (χ2n) is 3.58. The zero-order valence-corrected chi connectivity index (χ0v) is 10.7. The van der Waals surface area contributed by atoms with E-state index in [-0.39, 0.29) is 12.2 Å². The van der Waals surface area contributed by atoms with Crippen molar-refractivity contribution in [2.45, 2.75) is 19.4 Å². The van der Waals surface area contributed by atoms with Gasteiger partial charge in [0.15, 0.2) is 0 Å². The number of aliphatic carboxylic acids is 1. The molecule has 0 spiro atoms. The Morgan fingerprint density at radius 1 is 1.47 bits per heavy atom. The first-order valence-corrected chi connectivity index (χ1v) is 5.66.